The van der Waals surface area contributed by atoms with Gasteiger partial charge in [0.2, 0.25) is 5.91 Å². The van der Waals surface area contributed by atoms with Crippen LogP contribution in [0.1, 0.15) is 44.1 Å². The zero-order chi connectivity index (χ0) is 18.4. The summed E-state index contributed by atoms with van der Waals surface area (Å²) in [5, 5.41) is 11.1. The van der Waals surface area contributed by atoms with Crippen molar-refractivity contribution in [2.24, 2.45) is 10.9 Å². The molecular formula is C19H33IN6O. The lowest BCUT2D eigenvalue weighted by atomic mass is 10.1. The van der Waals surface area contributed by atoms with Crippen LogP contribution in [-0.2, 0) is 11.3 Å². The maximum absolute atomic E-state index is 12.5. The molecule has 2 aliphatic rings. The van der Waals surface area contributed by atoms with Gasteiger partial charge in [-0.1, -0.05) is 12.8 Å². The summed E-state index contributed by atoms with van der Waals surface area (Å²) < 4.78 is 1.97. The van der Waals surface area contributed by atoms with Gasteiger partial charge >= 0.3 is 0 Å². The summed E-state index contributed by atoms with van der Waals surface area (Å²) in [6.07, 6.45) is 10.5. The predicted molar refractivity (Wildman–Crippen MR) is 118 cm³/mol. The lowest BCUT2D eigenvalue weighted by Crippen LogP contribution is -2.45. The lowest BCUT2D eigenvalue weighted by Gasteiger charge is -2.21. The van der Waals surface area contributed by atoms with E-state index < -0.39 is 0 Å². The fourth-order valence-electron chi connectivity index (χ4n) is 3.93. The van der Waals surface area contributed by atoms with E-state index in [2.05, 4.69) is 33.8 Å². The second-order valence-corrected chi connectivity index (χ2v) is 7.53. The van der Waals surface area contributed by atoms with Crippen LogP contribution >= 0.6 is 24.0 Å². The Kier molecular flexibility index (Phi) is 8.85. The number of carbonyl (C=O) groups is 1. The third-order valence-electron chi connectivity index (χ3n) is 5.39. The van der Waals surface area contributed by atoms with E-state index in [1.165, 1.54) is 18.4 Å². The van der Waals surface area contributed by atoms with Crippen molar-refractivity contribution in [2.75, 3.05) is 26.7 Å². The second-order valence-electron chi connectivity index (χ2n) is 7.53. The summed E-state index contributed by atoms with van der Waals surface area (Å²) in [6, 6.07) is 0.292. The number of nitrogens with zero attached hydrogens (tertiary/aromatic N) is 4. The minimum Gasteiger partial charge on any atom is -0.356 e. The van der Waals surface area contributed by atoms with Crippen molar-refractivity contribution in [3.63, 3.8) is 0 Å². The molecule has 1 saturated carbocycles. The zero-order valence-electron chi connectivity index (χ0n) is 16.5. The molecule has 1 aliphatic carbocycles. The van der Waals surface area contributed by atoms with Crippen molar-refractivity contribution in [2.45, 2.75) is 58.0 Å². The molecule has 152 valence electrons. The molecule has 1 amide bonds. The molecular weight excluding hydrogens is 455 g/mol. The van der Waals surface area contributed by atoms with Crippen LogP contribution < -0.4 is 10.6 Å². The van der Waals surface area contributed by atoms with Gasteiger partial charge in [-0.05, 0) is 38.2 Å². The van der Waals surface area contributed by atoms with Crippen molar-refractivity contribution >= 4 is 35.8 Å². The summed E-state index contributed by atoms with van der Waals surface area (Å²) >= 11 is 0. The van der Waals surface area contributed by atoms with Gasteiger partial charge < -0.3 is 15.5 Å². The molecule has 2 fully saturated rings. The summed E-state index contributed by atoms with van der Waals surface area (Å²) in [4.78, 5) is 18.9. The number of hydrogen-bond donors (Lipinski definition) is 2. The van der Waals surface area contributed by atoms with Crippen molar-refractivity contribution in [3.05, 3.63) is 18.0 Å². The van der Waals surface area contributed by atoms with Gasteiger partial charge in [0, 0.05) is 51.4 Å². The van der Waals surface area contributed by atoms with Crippen molar-refractivity contribution < 1.29 is 4.79 Å². The molecule has 1 unspecified atom stereocenters. The normalized spacial score (nSPS) is 20.6. The first-order valence-electron chi connectivity index (χ1n) is 9.90. The molecule has 27 heavy (non-hydrogen) atoms. The molecule has 0 aromatic carbocycles. The highest BCUT2D eigenvalue weighted by atomic mass is 127. The summed E-state index contributed by atoms with van der Waals surface area (Å²) in [6.45, 7) is 5.45. The van der Waals surface area contributed by atoms with E-state index in [0.717, 1.165) is 57.8 Å². The van der Waals surface area contributed by atoms with Crippen LogP contribution in [0.3, 0.4) is 0 Å². The molecule has 7 nitrogen and oxygen atoms in total. The van der Waals surface area contributed by atoms with Crippen LogP contribution in [0.15, 0.2) is 17.4 Å². The highest BCUT2D eigenvalue weighted by Crippen LogP contribution is 2.27. The maximum Gasteiger partial charge on any atom is 0.225 e. The Labute approximate surface area is 179 Å². The number of halogens is 1. The van der Waals surface area contributed by atoms with Gasteiger partial charge in [-0.2, -0.15) is 5.10 Å². The van der Waals surface area contributed by atoms with E-state index in [1.54, 1.807) is 7.05 Å². The van der Waals surface area contributed by atoms with Crippen LogP contribution in [0.2, 0.25) is 0 Å². The number of aliphatic imine (C=N–C) groups is 1. The Morgan fingerprint density at radius 3 is 2.78 bits per heavy atom. The highest BCUT2D eigenvalue weighted by molar-refractivity contribution is 14.0. The van der Waals surface area contributed by atoms with Crippen LogP contribution in [-0.4, -0.2) is 59.3 Å². The molecule has 0 bridgehead atoms. The molecule has 0 spiro atoms. The number of carbonyl (C=O) groups excluding carboxylic acids is 1. The van der Waals surface area contributed by atoms with Gasteiger partial charge in [-0.15, -0.1) is 24.0 Å². The predicted octanol–water partition coefficient (Wildman–Crippen LogP) is 2.16. The van der Waals surface area contributed by atoms with Crippen molar-refractivity contribution in [1.29, 1.82) is 0 Å². The molecule has 1 saturated heterocycles. The number of nitrogens with one attached hydrogen (secondary N) is 2. The van der Waals surface area contributed by atoms with Gasteiger partial charge in [0.25, 0.3) is 0 Å². The van der Waals surface area contributed by atoms with Crippen LogP contribution in [0.25, 0.3) is 0 Å². The maximum atomic E-state index is 12.5. The third kappa shape index (κ3) is 6.36. The quantitative estimate of drug-likeness (QED) is 0.279. The first-order valence-corrected chi connectivity index (χ1v) is 9.90. The van der Waals surface area contributed by atoms with Gasteiger partial charge in [-0.25, -0.2) is 0 Å². The Bertz CT molecular complexity index is 625. The number of aromatic nitrogens is 2. The van der Waals surface area contributed by atoms with Crippen molar-refractivity contribution in [3.8, 4) is 0 Å². The average Bonchev–Trinajstić information content (AvgIpc) is 3.39. The summed E-state index contributed by atoms with van der Waals surface area (Å²) in [5.74, 6) is 1.46. The van der Waals surface area contributed by atoms with E-state index in [9.17, 15) is 4.79 Å². The van der Waals surface area contributed by atoms with E-state index in [4.69, 9.17) is 0 Å². The fourth-order valence-corrected chi connectivity index (χ4v) is 3.93. The molecule has 1 aromatic rings. The van der Waals surface area contributed by atoms with E-state index in [-0.39, 0.29) is 29.9 Å². The average molecular weight is 488 g/mol. The molecule has 3 rings (SSSR count). The monoisotopic (exact) mass is 488 g/mol. The minimum atomic E-state index is 0. The number of aryl methyl sites for hydroxylation is 2. The molecule has 1 atom stereocenters. The highest BCUT2D eigenvalue weighted by Gasteiger charge is 2.32. The number of guanidine groups is 1. The van der Waals surface area contributed by atoms with Gasteiger partial charge in [0.1, 0.15) is 0 Å². The summed E-state index contributed by atoms with van der Waals surface area (Å²) in [5.41, 5.74) is 1.19. The van der Waals surface area contributed by atoms with Crippen LogP contribution in [0, 0.1) is 12.8 Å². The van der Waals surface area contributed by atoms with Gasteiger partial charge in [0.15, 0.2) is 5.96 Å². The Morgan fingerprint density at radius 1 is 1.33 bits per heavy atom. The zero-order valence-corrected chi connectivity index (χ0v) is 18.8. The van der Waals surface area contributed by atoms with E-state index in [1.807, 2.05) is 15.8 Å². The Balaban J connectivity index is 0.00000261. The van der Waals surface area contributed by atoms with Gasteiger partial charge in [0.05, 0.1) is 6.20 Å². The Hall–Kier alpha value is -1.32. The third-order valence-corrected chi connectivity index (χ3v) is 5.39. The molecule has 2 N–H and O–H groups in total. The van der Waals surface area contributed by atoms with Crippen LogP contribution in [0.5, 0.6) is 0 Å². The van der Waals surface area contributed by atoms with E-state index in [0.29, 0.717) is 11.9 Å². The standard InChI is InChI=1S/C19H32N6O.HI/c1-15-12-22-25(13-15)10-5-9-21-19(20-2)23-17-8-11-24(14-17)18(26)16-6-3-4-7-16;/h12-13,16-17H,3-11,14H2,1-2H3,(H2,20,21,23);1H. The van der Waals surface area contributed by atoms with Gasteiger partial charge in [-0.3, -0.25) is 14.5 Å². The van der Waals surface area contributed by atoms with E-state index >= 15 is 0 Å². The number of hydrogen-bond acceptors (Lipinski definition) is 3. The lowest BCUT2D eigenvalue weighted by molar-refractivity contribution is -0.134. The van der Waals surface area contributed by atoms with Crippen molar-refractivity contribution in [1.82, 2.24) is 25.3 Å². The minimum absolute atomic E-state index is 0. The molecule has 8 heteroatoms. The number of rotatable bonds is 6. The molecule has 2 heterocycles. The largest absolute Gasteiger partial charge is 0.356 e. The molecule has 0 radical (unpaired) electrons. The second kappa shape index (κ2) is 10.9. The first-order chi connectivity index (χ1) is 12.7. The topological polar surface area (TPSA) is 74.6 Å². The fraction of sp³-hybridized carbons (Fsp3) is 0.737. The first kappa shape index (κ1) is 22.0. The smallest absolute Gasteiger partial charge is 0.225 e. The summed E-state index contributed by atoms with van der Waals surface area (Å²) in [7, 11) is 1.79. The molecule has 1 aliphatic heterocycles. The number of likely N-dealkylation sites (tertiary alicyclic amines) is 1. The molecule has 1 aromatic heterocycles. The van der Waals surface area contributed by atoms with Crippen LogP contribution in [0.4, 0.5) is 0 Å². The SMILES string of the molecule is CN=C(NCCCn1cc(C)cn1)NC1CCN(C(=O)C2CCCC2)C1.I. The number of amides is 1. The Morgan fingerprint density at radius 2 is 2.11 bits per heavy atom.